The molecule has 0 radical (unpaired) electrons. The lowest BCUT2D eigenvalue weighted by molar-refractivity contribution is -0.133. The average molecular weight is 619 g/mol. The second kappa shape index (κ2) is 13.4. The van der Waals surface area contributed by atoms with E-state index in [1.54, 1.807) is 19.4 Å². The number of aryl methyl sites for hydroxylation is 2. The van der Waals surface area contributed by atoms with Crippen molar-refractivity contribution in [3.8, 4) is 0 Å². The summed E-state index contributed by atoms with van der Waals surface area (Å²) in [5.41, 5.74) is 2.82. The number of nitrogens with zero attached hydrogens (tertiary/aromatic N) is 3. The number of para-hydroxylation sites is 1. The Morgan fingerprint density at radius 2 is 1.82 bits per heavy atom. The van der Waals surface area contributed by atoms with Crippen molar-refractivity contribution < 1.29 is 28.2 Å². The molecule has 2 amide bonds. The molecule has 1 unspecified atom stereocenters. The average Bonchev–Trinajstić information content (AvgIpc) is 3.59. The van der Waals surface area contributed by atoms with E-state index in [4.69, 9.17) is 9.47 Å². The minimum absolute atomic E-state index is 0.0709. The van der Waals surface area contributed by atoms with Crippen molar-refractivity contribution in [2.24, 2.45) is 13.0 Å². The summed E-state index contributed by atoms with van der Waals surface area (Å²) < 4.78 is 29.1. The highest BCUT2D eigenvalue weighted by atomic mass is 19.1. The monoisotopic (exact) mass is 618 g/mol. The van der Waals surface area contributed by atoms with Crippen LogP contribution in [0.15, 0.2) is 42.6 Å². The number of anilines is 1. The van der Waals surface area contributed by atoms with Crippen LogP contribution in [0.25, 0.3) is 10.9 Å². The molecule has 9 nitrogen and oxygen atoms in total. The summed E-state index contributed by atoms with van der Waals surface area (Å²) in [5.74, 6) is -0.852. The van der Waals surface area contributed by atoms with E-state index >= 15 is 4.39 Å². The number of hydrogen-bond acceptors (Lipinski definition) is 6. The number of nitrogens with one attached hydrogen (secondary N) is 1. The predicted octanol–water partition coefficient (Wildman–Crippen LogP) is 4.50. The van der Waals surface area contributed by atoms with Crippen LogP contribution in [-0.2, 0) is 32.5 Å². The third kappa shape index (κ3) is 6.68. The van der Waals surface area contributed by atoms with E-state index in [9.17, 15) is 14.4 Å². The van der Waals surface area contributed by atoms with Crippen molar-refractivity contribution >= 4 is 34.7 Å². The first-order valence-corrected chi connectivity index (χ1v) is 16.0. The van der Waals surface area contributed by atoms with Crippen molar-refractivity contribution in [1.82, 2.24) is 14.4 Å². The van der Waals surface area contributed by atoms with E-state index in [0.29, 0.717) is 35.5 Å². The molecule has 2 saturated heterocycles. The topological polar surface area (TPSA) is 93.1 Å². The fraction of sp³-hybridized carbons (Fsp3) is 0.514. The Balaban J connectivity index is 1.12. The number of rotatable bonds is 10. The number of carbonyl (C=O) groups is 3. The molecular weight excluding hydrogens is 575 g/mol. The predicted molar refractivity (Wildman–Crippen MR) is 170 cm³/mol. The SMILES string of the molecule is COC1CN([C@H]2CC(CO[C@H]3CC[C@H](C=O)CC3)N(C(=O)Cc3cc(C)c(NC(=O)c4cn(C)c5ccccc45)cc3F)C2)C1. The summed E-state index contributed by atoms with van der Waals surface area (Å²) in [6.45, 7) is 4.49. The normalized spacial score (nSPS) is 24.1. The molecule has 3 aromatic rings. The fourth-order valence-corrected chi connectivity index (χ4v) is 7.16. The van der Waals surface area contributed by atoms with E-state index < -0.39 is 5.82 Å². The molecule has 6 rings (SSSR count). The van der Waals surface area contributed by atoms with E-state index in [2.05, 4.69) is 10.2 Å². The molecule has 0 bridgehead atoms. The van der Waals surface area contributed by atoms with Gasteiger partial charge in [0.1, 0.15) is 12.1 Å². The molecule has 2 aromatic carbocycles. The lowest BCUT2D eigenvalue weighted by Crippen LogP contribution is -2.56. The van der Waals surface area contributed by atoms with Crippen LogP contribution in [0.2, 0.25) is 0 Å². The molecule has 0 spiro atoms. The van der Waals surface area contributed by atoms with Crippen LogP contribution < -0.4 is 5.32 Å². The van der Waals surface area contributed by atoms with Gasteiger partial charge in [-0.3, -0.25) is 14.5 Å². The van der Waals surface area contributed by atoms with E-state index in [1.807, 2.05) is 47.7 Å². The second-order valence-electron chi connectivity index (χ2n) is 13.0. The molecule has 1 aliphatic carbocycles. The molecule has 2 aliphatic heterocycles. The van der Waals surface area contributed by atoms with Crippen LogP contribution >= 0.6 is 0 Å². The van der Waals surface area contributed by atoms with Gasteiger partial charge in [-0.2, -0.15) is 0 Å². The Morgan fingerprint density at radius 3 is 2.56 bits per heavy atom. The first kappa shape index (κ1) is 31.4. The molecular formula is C35H43FN4O5. The molecule has 240 valence electrons. The fourth-order valence-electron chi connectivity index (χ4n) is 7.16. The number of benzene rings is 2. The van der Waals surface area contributed by atoms with Gasteiger partial charge in [0, 0.05) is 68.5 Å². The first-order chi connectivity index (χ1) is 21.7. The van der Waals surface area contributed by atoms with Gasteiger partial charge in [0.2, 0.25) is 5.91 Å². The summed E-state index contributed by atoms with van der Waals surface area (Å²) >= 11 is 0. The van der Waals surface area contributed by atoms with Crippen LogP contribution in [0.1, 0.15) is 53.6 Å². The highest BCUT2D eigenvalue weighted by Gasteiger charge is 2.42. The van der Waals surface area contributed by atoms with E-state index in [1.165, 1.54) is 6.07 Å². The van der Waals surface area contributed by atoms with Crippen molar-refractivity contribution in [2.45, 2.75) is 69.7 Å². The second-order valence-corrected chi connectivity index (χ2v) is 13.0. The molecule has 3 heterocycles. The largest absolute Gasteiger partial charge is 0.379 e. The van der Waals surface area contributed by atoms with Crippen LogP contribution in [-0.4, -0.2) is 90.1 Å². The highest BCUT2D eigenvalue weighted by molar-refractivity contribution is 6.13. The molecule has 1 N–H and O–H groups in total. The summed E-state index contributed by atoms with van der Waals surface area (Å²) in [7, 11) is 3.61. The van der Waals surface area contributed by atoms with Crippen LogP contribution in [0, 0.1) is 18.7 Å². The molecule has 45 heavy (non-hydrogen) atoms. The van der Waals surface area contributed by atoms with Crippen LogP contribution in [0.3, 0.4) is 0 Å². The van der Waals surface area contributed by atoms with Crippen LogP contribution in [0.4, 0.5) is 10.1 Å². The van der Waals surface area contributed by atoms with E-state index in [0.717, 1.165) is 62.4 Å². The quantitative estimate of drug-likeness (QED) is 0.337. The number of carbonyl (C=O) groups excluding carboxylic acids is 3. The van der Waals surface area contributed by atoms with Gasteiger partial charge in [-0.15, -0.1) is 0 Å². The minimum atomic E-state index is -0.525. The maximum absolute atomic E-state index is 15.5. The van der Waals surface area contributed by atoms with Gasteiger partial charge in [0.15, 0.2) is 0 Å². The lowest BCUT2D eigenvalue weighted by Gasteiger charge is -2.42. The lowest BCUT2D eigenvalue weighted by atomic mass is 9.88. The summed E-state index contributed by atoms with van der Waals surface area (Å²) in [5, 5.41) is 3.69. The van der Waals surface area contributed by atoms with Crippen molar-refractivity contribution in [3.63, 3.8) is 0 Å². The van der Waals surface area contributed by atoms with Gasteiger partial charge in [-0.25, -0.2) is 4.39 Å². The van der Waals surface area contributed by atoms with Gasteiger partial charge in [0.25, 0.3) is 5.91 Å². The Hall–Kier alpha value is -3.60. The highest BCUT2D eigenvalue weighted by Crippen LogP contribution is 2.31. The van der Waals surface area contributed by atoms with Crippen LogP contribution in [0.5, 0.6) is 0 Å². The van der Waals surface area contributed by atoms with Gasteiger partial charge in [-0.05, 0) is 62.3 Å². The standard InChI is InChI=1S/C35H43FN4O5/c1-22-12-24(31(36)15-32(22)37-35(43)30-19-38(2)33-7-5-4-6-29(30)33)13-34(42)40-16-25(39-17-28(18-39)44-3)14-26(40)21-45-27-10-8-23(20-41)9-11-27/h4-7,12,15,19-20,23,25-28H,8-11,13-14,16-18,21H2,1-3H3,(H,37,43)/t23-,25-,26?,27-/m0/s1. The first-order valence-electron chi connectivity index (χ1n) is 16.0. The van der Waals surface area contributed by atoms with Crippen molar-refractivity contribution in [3.05, 3.63) is 65.1 Å². The maximum atomic E-state index is 15.5. The molecule has 1 saturated carbocycles. The Kier molecular flexibility index (Phi) is 9.35. The van der Waals surface area contributed by atoms with Gasteiger partial charge in [0.05, 0.1) is 36.8 Å². The number of likely N-dealkylation sites (tertiary alicyclic amines) is 2. The zero-order valence-corrected chi connectivity index (χ0v) is 26.3. The Bertz CT molecular complexity index is 1560. The number of aromatic nitrogens is 1. The van der Waals surface area contributed by atoms with E-state index in [-0.39, 0.29) is 48.4 Å². The van der Waals surface area contributed by atoms with Gasteiger partial charge < -0.3 is 29.1 Å². The number of methoxy groups -OCH3 is 1. The summed E-state index contributed by atoms with van der Waals surface area (Å²) in [4.78, 5) is 42.3. The van der Waals surface area contributed by atoms with Gasteiger partial charge >= 0.3 is 0 Å². The third-order valence-corrected chi connectivity index (χ3v) is 10.00. The number of aldehydes is 1. The Morgan fingerprint density at radius 1 is 1.07 bits per heavy atom. The van der Waals surface area contributed by atoms with Gasteiger partial charge in [-0.1, -0.05) is 24.3 Å². The zero-order valence-electron chi connectivity index (χ0n) is 26.3. The number of ether oxygens (including phenoxy) is 2. The number of hydrogen-bond donors (Lipinski definition) is 1. The number of amides is 2. The third-order valence-electron chi connectivity index (χ3n) is 10.00. The summed E-state index contributed by atoms with van der Waals surface area (Å²) in [6.07, 6.45) is 7.24. The summed E-state index contributed by atoms with van der Waals surface area (Å²) in [6, 6.07) is 10.7. The Labute approximate surface area is 263 Å². The smallest absolute Gasteiger partial charge is 0.257 e. The molecule has 10 heteroatoms. The minimum Gasteiger partial charge on any atom is -0.379 e. The van der Waals surface area contributed by atoms with Crippen molar-refractivity contribution in [2.75, 3.05) is 38.7 Å². The number of halogens is 1. The molecule has 2 atom stereocenters. The maximum Gasteiger partial charge on any atom is 0.257 e. The number of fused-ring (bicyclic) bond motifs is 1. The molecule has 3 aliphatic rings. The van der Waals surface area contributed by atoms with Crippen molar-refractivity contribution in [1.29, 1.82) is 0 Å². The molecule has 1 aromatic heterocycles. The zero-order chi connectivity index (χ0) is 31.7. The molecule has 3 fully saturated rings.